The average molecular weight is 809 g/mol. The van der Waals surface area contributed by atoms with Crippen LogP contribution in [0.2, 0.25) is 0 Å². The van der Waals surface area contributed by atoms with Gasteiger partial charge in [-0.2, -0.15) is 0 Å². The maximum absolute atomic E-state index is 5.23. The van der Waals surface area contributed by atoms with Crippen LogP contribution < -0.4 is 0 Å². The van der Waals surface area contributed by atoms with Crippen LogP contribution in [0.1, 0.15) is 0 Å². The zero-order chi connectivity index (χ0) is 41.0. The standard InChI is InChI=1S/C57H36N4S/c1-5-15-37(16-6-1)43-31-44(38-17-7-2-8-18-38)33-45(32-43)57-59-55(39-19-9-3-10-20-39)58-56(60-57)42-26-29-49-48-28-25-41(35-53(48)62-54(49)36-42)40-27-30-52-50(34-40)47-23-13-14-24-51(47)61(52)46-21-11-4-12-22-46/h1-36H. The predicted molar refractivity (Wildman–Crippen MR) is 260 cm³/mol. The molecule has 0 amide bonds. The van der Waals surface area contributed by atoms with E-state index >= 15 is 0 Å². The van der Waals surface area contributed by atoms with Gasteiger partial charge in [0.1, 0.15) is 0 Å². The van der Waals surface area contributed by atoms with Crippen LogP contribution >= 0.6 is 11.3 Å². The van der Waals surface area contributed by atoms with Crippen LogP contribution in [0.3, 0.4) is 0 Å². The average Bonchev–Trinajstić information content (AvgIpc) is 3.89. The summed E-state index contributed by atoms with van der Waals surface area (Å²) in [7, 11) is 0. The number of rotatable bonds is 7. The van der Waals surface area contributed by atoms with Crippen molar-refractivity contribution in [3.63, 3.8) is 0 Å². The molecular formula is C57H36N4S. The highest BCUT2D eigenvalue weighted by Gasteiger charge is 2.18. The van der Waals surface area contributed by atoms with E-state index in [2.05, 4.69) is 205 Å². The Morgan fingerprint density at radius 2 is 0.726 bits per heavy atom. The summed E-state index contributed by atoms with van der Waals surface area (Å²) in [5.74, 6) is 1.92. The number of benzene rings is 9. The van der Waals surface area contributed by atoms with Gasteiger partial charge in [-0.25, -0.2) is 15.0 Å². The summed E-state index contributed by atoms with van der Waals surface area (Å²) in [4.78, 5) is 15.5. The van der Waals surface area contributed by atoms with Crippen molar-refractivity contribution in [1.29, 1.82) is 0 Å². The Morgan fingerprint density at radius 1 is 0.274 bits per heavy atom. The van der Waals surface area contributed by atoms with Crippen molar-refractivity contribution in [2.75, 3.05) is 0 Å². The predicted octanol–water partition coefficient (Wildman–Crippen LogP) is 15.3. The Balaban J connectivity index is 0.965. The Bertz CT molecular complexity index is 3560. The summed E-state index contributed by atoms with van der Waals surface area (Å²) in [6, 6.07) is 77.6. The molecule has 12 aromatic rings. The summed E-state index contributed by atoms with van der Waals surface area (Å²) in [5, 5.41) is 4.97. The molecule has 4 nitrogen and oxygen atoms in total. The minimum Gasteiger partial charge on any atom is -0.309 e. The van der Waals surface area contributed by atoms with E-state index in [1.807, 2.05) is 29.5 Å². The molecule has 0 bridgehead atoms. The van der Waals surface area contributed by atoms with E-state index in [4.69, 9.17) is 15.0 Å². The third-order valence-electron chi connectivity index (χ3n) is 11.8. The van der Waals surface area contributed by atoms with Crippen LogP contribution in [-0.2, 0) is 0 Å². The van der Waals surface area contributed by atoms with Gasteiger partial charge in [0.2, 0.25) is 0 Å². The van der Waals surface area contributed by atoms with Crippen LogP contribution in [0.25, 0.3) is 115 Å². The third-order valence-corrected chi connectivity index (χ3v) is 12.9. The minimum atomic E-state index is 0.633. The van der Waals surface area contributed by atoms with E-state index in [0.717, 1.165) is 44.6 Å². The lowest BCUT2D eigenvalue weighted by atomic mass is 9.96. The number of thiophene rings is 1. The van der Waals surface area contributed by atoms with Gasteiger partial charge in [-0.15, -0.1) is 11.3 Å². The smallest absolute Gasteiger partial charge is 0.164 e. The molecule has 0 radical (unpaired) electrons. The van der Waals surface area contributed by atoms with Gasteiger partial charge in [0.05, 0.1) is 11.0 Å². The lowest BCUT2D eigenvalue weighted by Gasteiger charge is -2.12. The molecule has 9 aromatic carbocycles. The van der Waals surface area contributed by atoms with Crippen molar-refractivity contribution in [3.8, 4) is 73.2 Å². The summed E-state index contributed by atoms with van der Waals surface area (Å²) in [5.41, 5.74) is 13.3. The van der Waals surface area contributed by atoms with Crippen molar-refractivity contribution >= 4 is 53.3 Å². The van der Waals surface area contributed by atoms with Crippen LogP contribution in [0.15, 0.2) is 218 Å². The summed E-state index contributed by atoms with van der Waals surface area (Å²) in [6.07, 6.45) is 0. The zero-order valence-electron chi connectivity index (χ0n) is 33.5. The second kappa shape index (κ2) is 14.9. The zero-order valence-corrected chi connectivity index (χ0v) is 34.3. The minimum absolute atomic E-state index is 0.633. The molecule has 5 heteroatoms. The second-order valence-corrected chi connectivity index (χ2v) is 16.7. The van der Waals surface area contributed by atoms with Crippen molar-refractivity contribution in [2.24, 2.45) is 0 Å². The van der Waals surface area contributed by atoms with Crippen LogP contribution in [0, 0.1) is 0 Å². The number of hydrogen-bond acceptors (Lipinski definition) is 4. The van der Waals surface area contributed by atoms with E-state index in [0.29, 0.717) is 17.5 Å². The number of nitrogens with zero attached hydrogens (tertiary/aromatic N) is 4. The summed E-state index contributed by atoms with van der Waals surface area (Å²) < 4.78 is 4.80. The quantitative estimate of drug-likeness (QED) is 0.161. The summed E-state index contributed by atoms with van der Waals surface area (Å²) >= 11 is 1.81. The first-order valence-corrected chi connectivity index (χ1v) is 21.7. The normalized spacial score (nSPS) is 11.5. The molecule has 0 aliphatic carbocycles. The highest BCUT2D eigenvalue weighted by Crippen LogP contribution is 2.41. The number of hydrogen-bond donors (Lipinski definition) is 0. The number of para-hydroxylation sites is 2. The number of aromatic nitrogens is 4. The van der Waals surface area contributed by atoms with Crippen molar-refractivity contribution in [3.05, 3.63) is 218 Å². The lowest BCUT2D eigenvalue weighted by Crippen LogP contribution is -2.00. The first kappa shape index (κ1) is 35.9. The number of fused-ring (bicyclic) bond motifs is 6. The Kier molecular flexibility index (Phi) is 8.65. The van der Waals surface area contributed by atoms with Crippen molar-refractivity contribution < 1.29 is 0 Å². The molecule has 0 saturated carbocycles. The molecule has 62 heavy (non-hydrogen) atoms. The van der Waals surface area contributed by atoms with E-state index in [9.17, 15) is 0 Å². The lowest BCUT2D eigenvalue weighted by molar-refractivity contribution is 1.07. The molecule has 0 unspecified atom stereocenters. The molecule has 12 rings (SSSR count). The van der Waals surface area contributed by atoms with Crippen molar-refractivity contribution in [2.45, 2.75) is 0 Å². The first-order valence-electron chi connectivity index (χ1n) is 20.8. The molecule has 0 saturated heterocycles. The fraction of sp³-hybridized carbons (Fsp3) is 0. The maximum Gasteiger partial charge on any atom is 0.164 e. The first-order chi connectivity index (χ1) is 30.7. The van der Waals surface area contributed by atoms with Gasteiger partial charge in [0.25, 0.3) is 0 Å². The van der Waals surface area contributed by atoms with E-state index in [-0.39, 0.29) is 0 Å². The highest BCUT2D eigenvalue weighted by molar-refractivity contribution is 7.25. The van der Waals surface area contributed by atoms with Crippen LogP contribution in [0.4, 0.5) is 0 Å². The van der Waals surface area contributed by atoms with Gasteiger partial charge in [-0.3, -0.25) is 0 Å². The van der Waals surface area contributed by atoms with E-state index in [1.54, 1.807) is 0 Å². The molecule has 0 atom stereocenters. The summed E-state index contributed by atoms with van der Waals surface area (Å²) in [6.45, 7) is 0. The SMILES string of the molecule is c1ccc(-c2cc(-c3ccccc3)cc(-c3nc(-c4ccccc4)nc(-c4ccc5c(c4)sc4cc(-c6ccc7c(c6)c6ccccc6n7-c6ccccc6)ccc45)n3)c2)cc1. The van der Waals surface area contributed by atoms with E-state index in [1.165, 1.54) is 53.1 Å². The van der Waals surface area contributed by atoms with Gasteiger partial charge >= 0.3 is 0 Å². The largest absolute Gasteiger partial charge is 0.309 e. The third kappa shape index (κ3) is 6.35. The maximum atomic E-state index is 5.23. The van der Waals surface area contributed by atoms with Crippen LogP contribution in [0.5, 0.6) is 0 Å². The Morgan fingerprint density at radius 3 is 1.37 bits per heavy atom. The van der Waals surface area contributed by atoms with Gasteiger partial charge in [0, 0.05) is 53.3 Å². The fourth-order valence-corrected chi connectivity index (χ4v) is 9.99. The molecule has 0 aliphatic heterocycles. The fourth-order valence-electron chi connectivity index (χ4n) is 8.81. The molecule has 0 aliphatic rings. The molecule has 0 fully saturated rings. The molecule has 0 spiro atoms. The Hall–Kier alpha value is -7.99. The van der Waals surface area contributed by atoms with Gasteiger partial charge < -0.3 is 4.57 Å². The molecular weight excluding hydrogens is 773 g/mol. The topological polar surface area (TPSA) is 43.6 Å². The van der Waals surface area contributed by atoms with Gasteiger partial charge in [-0.05, 0) is 94.0 Å². The van der Waals surface area contributed by atoms with Crippen molar-refractivity contribution in [1.82, 2.24) is 19.5 Å². The van der Waals surface area contributed by atoms with Gasteiger partial charge in [0.15, 0.2) is 17.5 Å². The second-order valence-electron chi connectivity index (χ2n) is 15.6. The molecule has 290 valence electrons. The molecule has 3 heterocycles. The van der Waals surface area contributed by atoms with Crippen LogP contribution in [-0.4, -0.2) is 19.5 Å². The Labute approximate surface area is 362 Å². The van der Waals surface area contributed by atoms with E-state index < -0.39 is 0 Å². The molecule has 0 N–H and O–H groups in total. The highest BCUT2D eigenvalue weighted by atomic mass is 32.1. The molecule has 3 aromatic heterocycles. The van der Waals surface area contributed by atoms with Gasteiger partial charge in [-0.1, -0.05) is 158 Å². The monoisotopic (exact) mass is 808 g/mol.